The Morgan fingerprint density at radius 1 is 1.67 bits per heavy atom. The molecule has 1 aliphatic rings. The highest BCUT2D eigenvalue weighted by molar-refractivity contribution is 7.10. The summed E-state index contributed by atoms with van der Waals surface area (Å²) in [5.41, 5.74) is 0.712. The SMILES string of the molecule is CCOC(=O)C1CCc2sccc2C1=O. The average Bonchev–Trinajstić information content (AvgIpc) is 2.67. The first-order valence-corrected chi connectivity index (χ1v) is 5.89. The first-order valence-electron chi connectivity index (χ1n) is 5.01. The summed E-state index contributed by atoms with van der Waals surface area (Å²) in [7, 11) is 0. The van der Waals surface area contributed by atoms with Gasteiger partial charge in [-0.1, -0.05) is 0 Å². The lowest BCUT2D eigenvalue weighted by Crippen LogP contribution is -2.30. The van der Waals surface area contributed by atoms with Crippen LogP contribution in [0.1, 0.15) is 28.6 Å². The lowest BCUT2D eigenvalue weighted by molar-refractivity contribution is -0.146. The lowest BCUT2D eigenvalue weighted by Gasteiger charge is -2.18. The van der Waals surface area contributed by atoms with Crippen LogP contribution in [-0.4, -0.2) is 18.4 Å². The van der Waals surface area contributed by atoms with E-state index in [9.17, 15) is 9.59 Å². The molecule has 1 aromatic rings. The maximum absolute atomic E-state index is 11.9. The van der Waals surface area contributed by atoms with Gasteiger partial charge in [0.2, 0.25) is 0 Å². The van der Waals surface area contributed by atoms with Gasteiger partial charge in [-0.05, 0) is 31.2 Å². The highest BCUT2D eigenvalue weighted by Gasteiger charge is 2.34. The third-order valence-electron chi connectivity index (χ3n) is 2.56. The number of Topliss-reactive ketones (excluding diaryl/α,β-unsaturated/α-hetero) is 1. The number of esters is 1. The van der Waals surface area contributed by atoms with Crippen molar-refractivity contribution in [3.63, 3.8) is 0 Å². The Hall–Kier alpha value is -1.16. The van der Waals surface area contributed by atoms with E-state index in [0.717, 1.165) is 11.3 Å². The predicted molar refractivity (Wildman–Crippen MR) is 57.1 cm³/mol. The molecule has 1 atom stereocenters. The molecule has 0 radical (unpaired) electrons. The molecule has 2 rings (SSSR count). The minimum Gasteiger partial charge on any atom is -0.465 e. The molecular formula is C11H12O3S. The quantitative estimate of drug-likeness (QED) is 0.570. The standard InChI is InChI=1S/C11H12O3S/c1-2-14-11(13)8-3-4-9-7(10(8)12)5-6-15-9/h5-6,8H,2-4H2,1H3. The number of hydrogen-bond acceptors (Lipinski definition) is 4. The third kappa shape index (κ3) is 1.81. The van der Waals surface area contributed by atoms with Crippen LogP contribution in [0, 0.1) is 5.92 Å². The van der Waals surface area contributed by atoms with Crippen molar-refractivity contribution < 1.29 is 14.3 Å². The van der Waals surface area contributed by atoms with Crippen molar-refractivity contribution in [2.24, 2.45) is 5.92 Å². The van der Waals surface area contributed by atoms with Crippen LogP contribution in [0.2, 0.25) is 0 Å². The third-order valence-corrected chi connectivity index (χ3v) is 3.54. The van der Waals surface area contributed by atoms with E-state index in [0.29, 0.717) is 18.6 Å². The molecule has 3 nitrogen and oxygen atoms in total. The maximum Gasteiger partial charge on any atom is 0.316 e. The van der Waals surface area contributed by atoms with Crippen LogP contribution in [0.15, 0.2) is 11.4 Å². The molecule has 4 heteroatoms. The Morgan fingerprint density at radius 2 is 2.47 bits per heavy atom. The minimum atomic E-state index is -0.577. The summed E-state index contributed by atoms with van der Waals surface area (Å²) in [6.07, 6.45) is 1.40. The highest BCUT2D eigenvalue weighted by atomic mass is 32.1. The number of carbonyl (C=O) groups excluding carboxylic acids is 2. The molecule has 1 aliphatic carbocycles. The smallest absolute Gasteiger partial charge is 0.316 e. The fourth-order valence-electron chi connectivity index (χ4n) is 1.82. The number of hydrogen-bond donors (Lipinski definition) is 0. The van der Waals surface area contributed by atoms with Crippen molar-refractivity contribution in [3.8, 4) is 0 Å². The zero-order valence-electron chi connectivity index (χ0n) is 8.49. The van der Waals surface area contributed by atoms with Crippen LogP contribution in [0.3, 0.4) is 0 Å². The van der Waals surface area contributed by atoms with Crippen molar-refractivity contribution in [1.82, 2.24) is 0 Å². The van der Waals surface area contributed by atoms with Gasteiger partial charge in [-0.2, -0.15) is 0 Å². The van der Waals surface area contributed by atoms with Gasteiger partial charge >= 0.3 is 5.97 Å². The molecule has 0 fully saturated rings. The monoisotopic (exact) mass is 224 g/mol. The largest absolute Gasteiger partial charge is 0.465 e. The molecule has 0 aliphatic heterocycles. The van der Waals surface area contributed by atoms with E-state index in [1.165, 1.54) is 0 Å². The van der Waals surface area contributed by atoms with Gasteiger partial charge in [-0.15, -0.1) is 11.3 Å². The molecule has 0 spiro atoms. The van der Waals surface area contributed by atoms with Crippen molar-refractivity contribution in [1.29, 1.82) is 0 Å². The topological polar surface area (TPSA) is 43.4 Å². The second-order valence-corrected chi connectivity index (χ2v) is 4.47. The van der Waals surface area contributed by atoms with Crippen molar-refractivity contribution >= 4 is 23.1 Å². The van der Waals surface area contributed by atoms with Crippen molar-refractivity contribution in [2.45, 2.75) is 19.8 Å². The van der Waals surface area contributed by atoms with Crippen LogP contribution in [0.4, 0.5) is 0 Å². The van der Waals surface area contributed by atoms with Crippen LogP contribution < -0.4 is 0 Å². The summed E-state index contributed by atoms with van der Waals surface area (Å²) in [6.45, 7) is 2.08. The fraction of sp³-hybridized carbons (Fsp3) is 0.455. The summed E-state index contributed by atoms with van der Waals surface area (Å²) in [5.74, 6) is -1.03. The number of aryl methyl sites for hydroxylation is 1. The Bertz CT molecular complexity index is 394. The molecule has 0 aromatic carbocycles. The Morgan fingerprint density at radius 3 is 3.20 bits per heavy atom. The first kappa shape index (κ1) is 10.4. The Labute approximate surface area is 92.1 Å². The minimum absolute atomic E-state index is 0.0732. The van der Waals surface area contributed by atoms with Crippen LogP contribution in [0.5, 0.6) is 0 Å². The molecule has 0 saturated carbocycles. The summed E-state index contributed by atoms with van der Waals surface area (Å²) in [5, 5.41) is 1.90. The normalized spacial score (nSPS) is 19.8. The molecule has 0 bridgehead atoms. The van der Waals surface area contributed by atoms with E-state index < -0.39 is 5.92 Å². The van der Waals surface area contributed by atoms with Gasteiger partial charge in [-0.25, -0.2) is 0 Å². The van der Waals surface area contributed by atoms with Gasteiger partial charge in [0.1, 0.15) is 5.92 Å². The Balaban J connectivity index is 2.20. The molecule has 1 unspecified atom stereocenters. The summed E-state index contributed by atoms with van der Waals surface area (Å²) >= 11 is 1.58. The van der Waals surface area contributed by atoms with Gasteiger partial charge in [0, 0.05) is 10.4 Å². The van der Waals surface area contributed by atoms with E-state index in [2.05, 4.69) is 0 Å². The molecule has 0 N–H and O–H groups in total. The number of ketones is 1. The fourth-order valence-corrected chi connectivity index (χ4v) is 2.72. The predicted octanol–water partition coefficient (Wildman–Crippen LogP) is 2.06. The zero-order chi connectivity index (χ0) is 10.8. The summed E-state index contributed by atoms with van der Waals surface area (Å²) in [4.78, 5) is 24.5. The average molecular weight is 224 g/mol. The Kier molecular flexibility index (Phi) is 2.86. The van der Waals surface area contributed by atoms with Crippen LogP contribution >= 0.6 is 11.3 Å². The van der Waals surface area contributed by atoms with Gasteiger partial charge in [-0.3, -0.25) is 9.59 Å². The van der Waals surface area contributed by atoms with Crippen LogP contribution in [-0.2, 0) is 16.0 Å². The lowest BCUT2D eigenvalue weighted by atomic mass is 9.87. The zero-order valence-corrected chi connectivity index (χ0v) is 9.30. The number of rotatable bonds is 2. The van der Waals surface area contributed by atoms with Gasteiger partial charge in [0.25, 0.3) is 0 Å². The highest BCUT2D eigenvalue weighted by Crippen LogP contribution is 2.30. The summed E-state index contributed by atoms with van der Waals surface area (Å²) < 4.78 is 4.89. The van der Waals surface area contributed by atoms with E-state index >= 15 is 0 Å². The molecule has 0 saturated heterocycles. The number of thiophene rings is 1. The summed E-state index contributed by atoms with van der Waals surface area (Å²) in [6, 6.07) is 1.80. The number of ether oxygens (including phenoxy) is 1. The first-order chi connectivity index (χ1) is 7.24. The van der Waals surface area contributed by atoms with Gasteiger partial charge in [0.15, 0.2) is 5.78 Å². The van der Waals surface area contributed by atoms with Crippen LogP contribution in [0.25, 0.3) is 0 Å². The van der Waals surface area contributed by atoms with Crippen molar-refractivity contribution in [2.75, 3.05) is 6.61 Å². The molecule has 0 amide bonds. The van der Waals surface area contributed by atoms with E-state index in [1.54, 1.807) is 24.3 Å². The molecule has 1 heterocycles. The number of carbonyl (C=O) groups is 2. The molecular weight excluding hydrogens is 212 g/mol. The van der Waals surface area contributed by atoms with Gasteiger partial charge in [0.05, 0.1) is 6.61 Å². The number of fused-ring (bicyclic) bond motifs is 1. The van der Waals surface area contributed by atoms with E-state index in [4.69, 9.17) is 4.74 Å². The molecule has 15 heavy (non-hydrogen) atoms. The second-order valence-electron chi connectivity index (χ2n) is 3.47. The van der Waals surface area contributed by atoms with Gasteiger partial charge < -0.3 is 4.74 Å². The second kappa shape index (κ2) is 4.14. The molecule has 80 valence electrons. The van der Waals surface area contributed by atoms with E-state index in [1.807, 2.05) is 5.38 Å². The van der Waals surface area contributed by atoms with Crippen molar-refractivity contribution in [3.05, 3.63) is 21.9 Å². The molecule has 1 aromatic heterocycles. The van der Waals surface area contributed by atoms with E-state index in [-0.39, 0.29) is 11.8 Å². The maximum atomic E-state index is 11.9.